The number of allylic oxidation sites excluding steroid dienone is 2. The van der Waals surface area contributed by atoms with Gasteiger partial charge in [0.05, 0.1) is 0 Å². The molecule has 0 bridgehead atoms. The summed E-state index contributed by atoms with van der Waals surface area (Å²) in [6.45, 7) is 3.27. The van der Waals surface area contributed by atoms with Gasteiger partial charge in [0, 0.05) is 6.42 Å². The molecule has 0 unspecified atom stereocenters. The average Bonchev–Trinajstić information content (AvgIpc) is 2.06. The van der Waals surface area contributed by atoms with E-state index in [-0.39, 0.29) is 11.9 Å². The van der Waals surface area contributed by atoms with Crippen LogP contribution in [0.2, 0.25) is 0 Å². The first-order valence-corrected chi connectivity index (χ1v) is 3.62. The van der Waals surface area contributed by atoms with Gasteiger partial charge >= 0.3 is 5.97 Å². The van der Waals surface area contributed by atoms with E-state index in [1.807, 2.05) is 18.2 Å². The second-order valence-corrected chi connectivity index (χ2v) is 2.43. The molecule has 0 spiro atoms. The molecule has 12 heavy (non-hydrogen) atoms. The van der Waals surface area contributed by atoms with Crippen molar-refractivity contribution in [2.75, 3.05) is 0 Å². The van der Waals surface area contributed by atoms with E-state index in [0.29, 0.717) is 6.42 Å². The molecule has 0 fully saturated rings. The third-order valence-corrected chi connectivity index (χ3v) is 1.47. The first-order valence-electron chi connectivity index (χ1n) is 3.62. The second kappa shape index (κ2) is 3.76. The van der Waals surface area contributed by atoms with Crippen molar-refractivity contribution in [3.05, 3.63) is 36.6 Å². The summed E-state index contributed by atoms with van der Waals surface area (Å²) in [5.41, 5.74) is 0. The van der Waals surface area contributed by atoms with Crippen LogP contribution in [-0.4, -0.2) is 17.2 Å². The fraction of sp³-hybridized carbons (Fsp3) is 0.222. The van der Waals surface area contributed by atoms with Crippen LogP contribution >= 0.6 is 0 Å². The van der Waals surface area contributed by atoms with Gasteiger partial charge in [-0.1, -0.05) is 18.2 Å². The van der Waals surface area contributed by atoms with Gasteiger partial charge in [0.1, 0.15) is 6.10 Å². The number of ether oxygens (including phenoxy) is 1. The molecule has 1 aliphatic carbocycles. The van der Waals surface area contributed by atoms with Crippen molar-refractivity contribution in [3.63, 3.8) is 0 Å². The van der Waals surface area contributed by atoms with Crippen LogP contribution < -0.4 is 0 Å². The Bertz CT molecular complexity index is 250. The van der Waals surface area contributed by atoms with Crippen LogP contribution in [-0.2, 0) is 9.53 Å². The first-order chi connectivity index (χ1) is 5.70. The summed E-state index contributed by atoms with van der Waals surface area (Å²) in [6.07, 6.45) is 7.95. The Kier molecular flexibility index (Phi) is 2.69. The lowest BCUT2D eigenvalue weighted by molar-refractivity contribution is -0.137. The largest absolute Gasteiger partial charge is 0.479 e. The number of hydrogen-bond acceptors (Lipinski definition) is 2. The number of hydrogen-bond donors (Lipinski definition) is 1. The van der Waals surface area contributed by atoms with Gasteiger partial charge in [0.25, 0.3) is 0 Å². The van der Waals surface area contributed by atoms with Gasteiger partial charge in [-0.05, 0) is 12.7 Å². The molecular weight excluding hydrogens is 156 g/mol. The highest BCUT2D eigenvalue weighted by Crippen LogP contribution is 2.10. The topological polar surface area (TPSA) is 46.5 Å². The molecule has 0 aliphatic heterocycles. The van der Waals surface area contributed by atoms with Crippen LogP contribution in [0.5, 0.6) is 0 Å². The van der Waals surface area contributed by atoms with Crippen molar-refractivity contribution in [3.8, 4) is 0 Å². The fourth-order valence-electron chi connectivity index (χ4n) is 0.878. The highest BCUT2D eigenvalue weighted by molar-refractivity contribution is 5.83. The van der Waals surface area contributed by atoms with Crippen LogP contribution in [0.1, 0.15) is 6.42 Å². The van der Waals surface area contributed by atoms with E-state index in [1.165, 1.54) is 0 Å². The molecule has 0 aromatic rings. The van der Waals surface area contributed by atoms with E-state index < -0.39 is 5.97 Å². The Morgan fingerprint density at radius 1 is 1.58 bits per heavy atom. The summed E-state index contributed by atoms with van der Waals surface area (Å²) in [5.74, 6) is -1.32. The lowest BCUT2D eigenvalue weighted by atomic mass is 10.1. The molecular formula is C9H10O3. The standard InChI is InChI=1S/C9H10O3/c1-7(9(10)11)12-8-5-3-2-4-6-8/h2-5,8H,1,6H2,(H,10,11)/t8-/m1/s1. The molecule has 0 saturated heterocycles. The van der Waals surface area contributed by atoms with Gasteiger partial charge in [0.15, 0.2) is 5.76 Å². The average molecular weight is 166 g/mol. The predicted molar refractivity (Wildman–Crippen MR) is 44.5 cm³/mol. The van der Waals surface area contributed by atoms with Gasteiger partial charge in [0.2, 0.25) is 0 Å². The molecule has 1 rings (SSSR count). The molecule has 64 valence electrons. The fourth-order valence-corrected chi connectivity index (χ4v) is 0.878. The number of carboxylic acids is 1. The SMILES string of the molecule is C=C(O[C@@H]1C=CC=CC1)C(=O)O. The zero-order chi connectivity index (χ0) is 8.97. The molecule has 1 aliphatic rings. The summed E-state index contributed by atoms with van der Waals surface area (Å²) >= 11 is 0. The molecule has 0 aromatic carbocycles. The molecule has 3 heteroatoms. The van der Waals surface area contributed by atoms with Gasteiger partial charge < -0.3 is 9.84 Å². The summed E-state index contributed by atoms with van der Waals surface area (Å²) in [5, 5.41) is 8.45. The Labute approximate surface area is 70.7 Å². The molecule has 0 heterocycles. The zero-order valence-corrected chi connectivity index (χ0v) is 6.56. The minimum Gasteiger partial charge on any atom is -0.479 e. The van der Waals surface area contributed by atoms with E-state index in [1.54, 1.807) is 6.08 Å². The van der Waals surface area contributed by atoms with Crippen molar-refractivity contribution in [1.82, 2.24) is 0 Å². The summed E-state index contributed by atoms with van der Waals surface area (Å²) < 4.78 is 5.02. The van der Waals surface area contributed by atoms with Gasteiger partial charge in [-0.15, -0.1) is 0 Å². The highest BCUT2D eigenvalue weighted by atomic mass is 16.5. The van der Waals surface area contributed by atoms with Gasteiger partial charge in [-0.25, -0.2) is 4.79 Å². The Morgan fingerprint density at radius 2 is 2.33 bits per heavy atom. The summed E-state index contributed by atoms with van der Waals surface area (Å²) in [7, 11) is 0. The summed E-state index contributed by atoms with van der Waals surface area (Å²) in [6, 6.07) is 0. The Balaban J connectivity index is 2.42. The predicted octanol–water partition coefficient (Wildman–Crippen LogP) is 1.49. The highest BCUT2D eigenvalue weighted by Gasteiger charge is 2.11. The van der Waals surface area contributed by atoms with Crippen molar-refractivity contribution < 1.29 is 14.6 Å². The van der Waals surface area contributed by atoms with Crippen molar-refractivity contribution >= 4 is 5.97 Å². The third kappa shape index (κ3) is 2.27. The number of carboxylic acid groups (broad SMARTS) is 1. The van der Waals surface area contributed by atoms with Crippen molar-refractivity contribution in [2.24, 2.45) is 0 Å². The Hall–Kier alpha value is -1.51. The minimum absolute atomic E-state index is 0.182. The van der Waals surface area contributed by atoms with Crippen LogP contribution in [0.25, 0.3) is 0 Å². The smallest absolute Gasteiger partial charge is 0.370 e. The molecule has 0 amide bonds. The maximum Gasteiger partial charge on any atom is 0.370 e. The molecule has 0 saturated carbocycles. The maximum absolute atomic E-state index is 10.3. The molecule has 1 N–H and O–H groups in total. The molecule has 0 aromatic heterocycles. The Morgan fingerprint density at radius 3 is 2.83 bits per heavy atom. The van der Waals surface area contributed by atoms with Crippen LogP contribution in [0.3, 0.4) is 0 Å². The first kappa shape index (κ1) is 8.59. The van der Waals surface area contributed by atoms with Crippen LogP contribution in [0, 0.1) is 0 Å². The van der Waals surface area contributed by atoms with E-state index in [4.69, 9.17) is 9.84 Å². The number of rotatable bonds is 3. The molecule has 1 atom stereocenters. The van der Waals surface area contributed by atoms with E-state index >= 15 is 0 Å². The second-order valence-electron chi connectivity index (χ2n) is 2.43. The monoisotopic (exact) mass is 166 g/mol. The maximum atomic E-state index is 10.3. The van der Waals surface area contributed by atoms with Crippen molar-refractivity contribution in [1.29, 1.82) is 0 Å². The van der Waals surface area contributed by atoms with E-state index in [0.717, 1.165) is 0 Å². The minimum atomic E-state index is -1.11. The third-order valence-electron chi connectivity index (χ3n) is 1.47. The lowest BCUT2D eigenvalue weighted by Gasteiger charge is -2.14. The quantitative estimate of drug-likeness (QED) is 0.510. The van der Waals surface area contributed by atoms with Crippen molar-refractivity contribution in [2.45, 2.75) is 12.5 Å². The lowest BCUT2D eigenvalue weighted by Crippen LogP contribution is -2.14. The van der Waals surface area contributed by atoms with Gasteiger partial charge in [-0.2, -0.15) is 0 Å². The van der Waals surface area contributed by atoms with E-state index in [9.17, 15) is 4.79 Å². The van der Waals surface area contributed by atoms with Gasteiger partial charge in [-0.3, -0.25) is 0 Å². The van der Waals surface area contributed by atoms with Crippen LogP contribution in [0.4, 0.5) is 0 Å². The normalized spacial score (nSPS) is 20.5. The summed E-state index contributed by atoms with van der Waals surface area (Å²) in [4.78, 5) is 10.3. The van der Waals surface area contributed by atoms with Crippen LogP contribution in [0.15, 0.2) is 36.6 Å². The van der Waals surface area contributed by atoms with E-state index in [2.05, 4.69) is 6.58 Å². The number of aliphatic carboxylic acids is 1. The molecule has 3 nitrogen and oxygen atoms in total. The number of carbonyl (C=O) groups is 1. The molecule has 0 radical (unpaired) electrons. The zero-order valence-electron chi connectivity index (χ0n) is 6.56.